The van der Waals surface area contributed by atoms with Crippen molar-refractivity contribution in [1.29, 1.82) is 0 Å². The molecule has 0 aromatic heterocycles. The summed E-state index contributed by atoms with van der Waals surface area (Å²) in [5, 5.41) is 9.95. The predicted molar refractivity (Wildman–Crippen MR) is 63.3 cm³/mol. The van der Waals surface area contributed by atoms with Crippen molar-refractivity contribution in [3.05, 3.63) is 53.1 Å². The first kappa shape index (κ1) is 10.1. The Kier molecular flexibility index (Phi) is 2.65. The molecule has 0 aliphatic heterocycles. The zero-order chi connectivity index (χ0) is 10.8. The van der Waals surface area contributed by atoms with Crippen LogP contribution in [0.4, 0.5) is 0 Å². The second-order valence-electron chi connectivity index (χ2n) is 3.48. The number of aryl methyl sites for hydroxylation is 1. The second-order valence-corrected chi connectivity index (χ2v) is 3.89. The number of phenols is 1. The molecule has 0 fully saturated rings. The Morgan fingerprint density at radius 1 is 1.00 bits per heavy atom. The Morgan fingerprint density at radius 2 is 1.67 bits per heavy atom. The minimum atomic E-state index is 0.267. The molecule has 0 bridgehead atoms. The summed E-state index contributed by atoms with van der Waals surface area (Å²) in [5.41, 5.74) is 3.18. The SMILES string of the molecule is Cc1cccc(Cl)c1-c1ccc(O)cc1. The molecule has 0 atom stereocenters. The summed E-state index contributed by atoms with van der Waals surface area (Å²) in [5.74, 6) is 0.267. The second kappa shape index (κ2) is 3.95. The average Bonchev–Trinajstić information content (AvgIpc) is 2.20. The van der Waals surface area contributed by atoms with Crippen molar-refractivity contribution in [1.82, 2.24) is 0 Å². The number of halogens is 1. The fourth-order valence-electron chi connectivity index (χ4n) is 1.63. The summed E-state index contributed by atoms with van der Waals surface area (Å²) in [6, 6.07) is 12.9. The minimum Gasteiger partial charge on any atom is -0.508 e. The lowest BCUT2D eigenvalue weighted by atomic mass is 10.0. The van der Waals surface area contributed by atoms with Gasteiger partial charge in [-0.3, -0.25) is 0 Å². The zero-order valence-corrected chi connectivity index (χ0v) is 9.12. The van der Waals surface area contributed by atoms with E-state index in [0.717, 1.165) is 21.7 Å². The van der Waals surface area contributed by atoms with Crippen molar-refractivity contribution >= 4 is 11.6 Å². The van der Waals surface area contributed by atoms with Crippen LogP contribution in [0.2, 0.25) is 5.02 Å². The van der Waals surface area contributed by atoms with Crippen LogP contribution < -0.4 is 0 Å². The summed E-state index contributed by atoms with van der Waals surface area (Å²) in [6.07, 6.45) is 0. The lowest BCUT2D eigenvalue weighted by Gasteiger charge is -2.08. The number of aromatic hydroxyl groups is 1. The summed E-state index contributed by atoms with van der Waals surface area (Å²) < 4.78 is 0. The third-order valence-electron chi connectivity index (χ3n) is 2.38. The normalized spacial score (nSPS) is 10.3. The Labute approximate surface area is 94.0 Å². The van der Waals surface area contributed by atoms with Crippen molar-refractivity contribution in [3.8, 4) is 16.9 Å². The first-order chi connectivity index (χ1) is 7.18. The molecule has 0 saturated carbocycles. The van der Waals surface area contributed by atoms with Gasteiger partial charge in [0.15, 0.2) is 0 Å². The summed E-state index contributed by atoms with van der Waals surface area (Å²) in [6.45, 7) is 2.02. The van der Waals surface area contributed by atoms with Crippen LogP contribution in [0.3, 0.4) is 0 Å². The van der Waals surface area contributed by atoms with Crippen LogP contribution in [0.5, 0.6) is 5.75 Å². The molecule has 0 saturated heterocycles. The van der Waals surface area contributed by atoms with Crippen molar-refractivity contribution in [3.63, 3.8) is 0 Å². The van der Waals surface area contributed by atoms with Crippen LogP contribution in [0.1, 0.15) is 5.56 Å². The molecule has 0 aliphatic rings. The molecule has 15 heavy (non-hydrogen) atoms. The summed E-state index contributed by atoms with van der Waals surface area (Å²) in [7, 11) is 0. The van der Waals surface area contributed by atoms with E-state index in [1.807, 2.05) is 37.3 Å². The summed E-state index contributed by atoms with van der Waals surface area (Å²) in [4.78, 5) is 0. The Balaban J connectivity index is 2.58. The van der Waals surface area contributed by atoms with Gasteiger partial charge in [0.25, 0.3) is 0 Å². The highest BCUT2D eigenvalue weighted by atomic mass is 35.5. The van der Waals surface area contributed by atoms with E-state index in [9.17, 15) is 5.11 Å². The molecule has 1 nitrogen and oxygen atoms in total. The van der Waals surface area contributed by atoms with Gasteiger partial charge in [-0.25, -0.2) is 0 Å². The molecule has 0 radical (unpaired) electrons. The van der Waals surface area contributed by atoms with Crippen molar-refractivity contribution in [2.75, 3.05) is 0 Å². The van der Waals surface area contributed by atoms with E-state index in [0.29, 0.717) is 0 Å². The lowest BCUT2D eigenvalue weighted by Crippen LogP contribution is -1.83. The predicted octanol–water partition coefficient (Wildman–Crippen LogP) is 4.02. The third-order valence-corrected chi connectivity index (χ3v) is 2.69. The fraction of sp³-hybridized carbons (Fsp3) is 0.0769. The van der Waals surface area contributed by atoms with Gasteiger partial charge in [-0.1, -0.05) is 35.9 Å². The molecule has 0 unspecified atom stereocenters. The molecule has 0 spiro atoms. The maximum absolute atomic E-state index is 9.21. The van der Waals surface area contributed by atoms with Crippen molar-refractivity contribution < 1.29 is 5.11 Å². The number of hydrogen-bond donors (Lipinski definition) is 1. The Morgan fingerprint density at radius 3 is 2.27 bits per heavy atom. The van der Waals surface area contributed by atoms with E-state index in [2.05, 4.69) is 0 Å². The average molecular weight is 219 g/mol. The fourth-order valence-corrected chi connectivity index (χ4v) is 1.96. The van der Waals surface area contributed by atoms with E-state index in [-0.39, 0.29) is 5.75 Å². The largest absolute Gasteiger partial charge is 0.508 e. The highest BCUT2D eigenvalue weighted by Gasteiger charge is 2.05. The van der Waals surface area contributed by atoms with Gasteiger partial charge < -0.3 is 5.11 Å². The van der Waals surface area contributed by atoms with Crippen LogP contribution in [0.25, 0.3) is 11.1 Å². The van der Waals surface area contributed by atoms with Gasteiger partial charge in [0.05, 0.1) is 0 Å². The topological polar surface area (TPSA) is 20.2 Å². The number of rotatable bonds is 1. The smallest absolute Gasteiger partial charge is 0.115 e. The Bertz CT molecular complexity index is 454. The molecular weight excluding hydrogens is 208 g/mol. The Hall–Kier alpha value is -1.47. The van der Waals surface area contributed by atoms with Crippen LogP contribution in [0.15, 0.2) is 42.5 Å². The molecule has 0 aliphatic carbocycles. The van der Waals surface area contributed by atoms with E-state index >= 15 is 0 Å². The van der Waals surface area contributed by atoms with Gasteiger partial charge in [0, 0.05) is 10.6 Å². The number of phenolic OH excluding ortho intramolecular Hbond substituents is 1. The molecule has 2 heteroatoms. The van der Waals surface area contributed by atoms with Gasteiger partial charge in [0.2, 0.25) is 0 Å². The van der Waals surface area contributed by atoms with Crippen LogP contribution >= 0.6 is 11.6 Å². The molecule has 2 aromatic carbocycles. The highest BCUT2D eigenvalue weighted by molar-refractivity contribution is 6.33. The van der Waals surface area contributed by atoms with Crippen LogP contribution in [0, 0.1) is 6.92 Å². The first-order valence-electron chi connectivity index (χ1n) is 4.73. The van der Waals surface area contributed by atoms with Gasteiger partial charge in [-0.2, -0.15) is 0 Å². The van der Waals surface area contributed by atoms with Crippen LogP contribution in [-0.4, -0.2) is 5.11 Å². The van der Waals surface area contributed by atoms with Gasteiger partial charge in [0.1, 0.15) is 5.75 Å². The highest BCUT2D eigenvalue weighted by Crippen LogP contribution is 2.31. The maximum Gasteiger partial charge on any atom is 0.115 e. The van der Waals surface area contributed by atoms with Crippen LogP contribution in [-0.2, 0) is 0 Å². The summed E-state index contributed by atoms with van der Waals surface area (Å²) >= 11 is 6.14. The molecule has 76 valence electrons. The zero-order valence-electron chi connectivity index (χ0n) is 8.37. The maximum atomic E-state index is 9.21. The molecule has 2 aromatic rings. The molecule has 2 rings (SSSR count). The quantitative estimate of drug-likeness (QED) is 0.767. The lowest BCUT2D eigenvalue weighted by molar-refractivity contribution is 0.475. The number of hydrogen-bond acceptors (Lipinski definition) is 1. The molecular formula is C13H11ClO. The van der Waals surface area contributed by atoms with E-state index in [4.69, 9.17) is 11.6 Å². The number of benzene rings is 2. The third kappa shape index (κ3) is 1.97. The van der Waals surface area contributed by atoms with Gasteiger partial charge >= 0.3 is 0 Å². The molecule has 0 heterocycles. The first-order valence-corrected chi connectivity index (χ1v) is 5.11. The monoisotopic (exact) mass is 218 g/mol. The molecule has 1 N–H and O–H groups in total. The van der Waals surface area contributed by atoms with Crippen molar-refractivity contribution in [2.45, 2.75) is 6.92 Å². The van der Waals surface area contributed by atoms with E-state index in [1.165, 1.54) is 0 Å². The van der Waals surface area contributed by atoms with E-state index < -0.39 is 0 Å². The van der Waals surface area contributed by atoms with Gasteiger partial charge in [-0.15, -0.1) is 0 Å². The minimum absolute atomic E-state index is 0.267. The standard InChI is InChI=1S/C13H11ClO/c1-9-3-2-4-12(14)13(9)10-5-7-11(15)8-6-10/h2-8,15H,1H3. The van der Waals surface area contributed by atoms with E-state index in [1.54, 1.807) is 12.1 Å². The van der Waals surface area contributed by atoms with Gasteiger partial charge in [-0.05, 0) is 36.2 Å². The van der Waals surface area contributed by atoms with Crippen molar-refractivity contribution in [2.24, 2.45) is 0 Å². The molecule has 0 amide bonds.